The number of hydrogen-bond acceptors (Lipinski definition) is 3. The molecule has 0 radical (unpaired) electrons. The molecule has 4 nitrogen and oxygen atoms in total. The Balaban J connectivity index is 1.88. The maximum Gasteiger partial charge on any atom is 0.270 e. The molecule has 0 unspecified atom stereocenters. The SMILES string of the molecule is CCc1ccc(C(=O)[C@H](C(=S)NCc2ccco2)[n+]2cccc(C)c2)cc1. The molecule has 0 fully saturated rings. The second-order valence-corrected chi connectivity index (χ2v) is 6.88. The van der Waals surface area contributed by atoms with Crippen LogP contribution in [0.4, 0.5) is 0 Å². The third-order valence-electron chi connectivity index (χ3n) is 4.43. The van der Waals surface area contributed by atoms with Crippen LogP contribution in [-0.2, 0) is 13.0 Å². The lowest BCUT2D eigenvalue weighted by atomic mass is 10.0. The first-order valence-corrected chi connectivity index (χ1v) is 9.40. The second kappa shape index (κ2) is 8.73. The molecule has 0 amide bonds. The van der Waals surface area contributed by atoms with E-state index in [0.717, 1.165) is 17.7 Å². The Bertz CT molecular complexity index is 918. The number of carbonyl (C=O) groups excluding carboxylic acids is 1. The zero-order valence-corrected chi connectivity index (χ0v) is 16.3. The average molecular weight is 380 g/mol. The summed E-state index contributed by atoms with van der Waals surface area (Å²) in [6.45, 7) is 4.53. The van der Waals surface area contributed by atoms with Gasteiger partial charge in [0.15, 0.2) is 17.4 Å². The van der Waals surface area contributed by atoms with Gasteiger partial charge in [-0.05, 0) is 37.1 Å². The molecular weight excluding hydrogens is 356 g/mol. The van der Waals surface area contributed by atoms with Crippen LogP contribution < -0.4 is 9.88 Å². The first kappa shape index (κ1) is 19.0. The predicted octanol–water partition coefficient (Wildman–Crippen LogP) is 3.98. The van der Waals surface area contributed by atoms with Crippen LogP contribution >= 0.6 is 12.2 Å². The van der Waals surface area contributed by atoms with E-state index in [4.69, 9.17) is 16.6 Å². The molecular formula is C22H23N2O2S+. The minimum atomic E-state index is -0.609. The number of hydrogen-bond donors (Lipinski definition) is 1. The molecule has 27 heavy (non-hydrogen) atoms. The molecule has 0 aliphatic rings. The van der Waals surface area contributed by atoms with Gasteiger partial charge in [0.2, 0.25) is 5.78 Å². The quantitative estimate of drug-likeness (QED) is 0.383. The van der Waals surface area contributed by atoms with Gasteiger partial charge in [-0.15, -0.1) is 0 Å². The Kier molecular flexibility index (Phi) is 6.14. The fourth-order valence-corrected chi connectivity index (χ4v) is 3.21. The summed E-state index contributed by atoms with van der Waals surface area (Å²) in [6, 6.07) is 14.7. The summed E-state index contributed by atoms with van der Waals surface area (Å²) < 4.78 is 7.21. The van der Waals surface area contributed by atoms with E-state index in [0.29, 0.717) is 17.1 Å². The summed E-state index contributed by atoms with van der Waals surface area (Å²) >= 11 is 5.60. The van der Waals surface area contributed by atoms with Crippen molar-refractivity contribution in [3.05, 3.63) is 89.6 Å². The van der Waals surface area contributed by atoms with Crippen molar-refractivity contribution in [2.45, 2.75) is 32.9 Å². The fourth-order valence-electron chi connectivity index (χ4n) is 2.91. The Morgan fingerprint density at radius 1 is 1.19 bits per heavy atom. The first-order valence-electron chi connectivity index (χ1n) is 8.99. The van der Waals surface area contributed by atoms with Crippen molar-refractivity contribution in [1.29, 1.82) is 0 Å². The summed E-state index contributed by atoms with van der Waals surface area (Å²) in [5.74, 6) is 0.732. The number of furan rings is 1. The number of benzene rings is 1. The van der Waals surface area contributed by atoms with Gasteiger partial charge in [-0.1, -0.05) is 43.4 Å². The van der Waals surface area contributed by atoms with Gasteiger partial charge in [-0.3, -0.25) is 4.79 Å². The lowest BCUT2D eigenvalue weighted by Crippen LogP contribution is -2.51. The number of nitrogens with one attached hydrogen (secondary N) is 1. The number of carbonyl (C=O) groups is 1. The molecule has 1 N–H and O–H groups in total. The normalized spacial score (nSPS) is 11.8. The summed E-state index contributed by atoms with van der Waals surface area (Å²) in [6.07, 6.45) is 6.36. The van der Waals surface area contributed by atoms with Gasteiger partial charge in [0, 0.05) is 17.2 Å². The summed E-state index contributed by atoms with van der Waals surface area (Å²) in [7, 11) is 0. The number of thiocarbonyl (C=S) groups is 1. The molecule has 3 aromatic rings. The maximum absolute atomic E-state index is 13.3. The molecule has 138 valence electrons. The van der Waals surface area contributed by atoms with E-state index in [1.807, 2.05) is 72.4 Å². The van der Waals surface area contributed by atoms with Crippen molar-refractivity contribution in [2.24, 2.45) is 0 Å². The maximum atomic E-state index is 13.3. The van der Waals surface area contributed by atoms with E-state index in [1.54, 1.807) is 6.26 Å². The van der Waals surface area contributed by atoms with Crippen molar-refractivity contribution in [1.82, 2.24) is 5.32 Å². The molecule has 0 saturated heterocycles. The van der Waals surface area contributed by atoms with Gasteiger partial charge in [0.25, 0.3) is 6.04 Å². The monoisotopic (exact) mass is 379 g/mol. The summed E-state index contributed by atoms with van der Waals surface area (Å²) in [5, 5.41) is 3.17. The molecule has 0 bridgehead atoms. The Hall–Kier alpha value is -2.79. The van der Waals surface area contributed by atoms with Gasteiger partial charge in [-0.2, -0.15) is 4.57 Å². The number of ketones is 1. The van der Waals surface area contributed by atoms with E-state index in [1.165, 1.54) is 5.56 Å². The summed E-state index contributed by atoms with van der Waals surface area (Å²) in [5.41, 5.74) is 2.91. The lowest BCUT2D eigenvalue weighted by molar-refractivity contribution is -0.692. The topological polar surface area (TPSA) is 46.1 Å². The number of aryl methyl sites for hydroxylation is 2. The highest BCUT2D eigenvalue weighted by Crippen LogP contribution is 2.14. The lowest BCUT2D eigenvalue weighted by Gasteiger charge is -2.15. The average Bonchev–Trinajstić information content (AvgIpc) is 3.20. The number of aromatic nitrogens is 1. The number of rotatable bonds is 7. The first-order chi connectivity index (χ1) is 13.1. The van der Waals surface area contributed by atoms with Crippen LogP contribution in [0.2, 0.25) is 0 Å². The van der Waals surface area contributed by atoms with Crippen molar-refractivity contribution >= 4 is 23.0 Å². The van der Waals surface area contributed by atoms with Crippen LogP contribution in [-0.4, -0.2) is 10.8 Å². The number of pyridine rings is 1. The van der Waals surface area contributed by atoms with E-state index in [2.05, 4.69) is 12.2 Å². The molecule has 0 spiro atoms. The highest BCUT2D eigenvalue weighted by atomic mass is 32.1. The second-order valence-electron chi connectivity index (χ2n) is 6.44. The third kappa shape index (κ3) is 4.68. The van der Waals surface area contributed by atoms with Gasteiger partial charge < -0.3 is 9.73 Å². The van der Waals surface area contributed by atoms with E-state index >= 15 is 0 Å². The molecule has 0 saturated carbocycles. The molecule has 3 rings (SSSR count). The van der Waals surface area contributed by atoms with E-state index in [9.17, 15) is 4.79 Å². The molecule has 0 aliphatic heterocycles. The van der Waals surface area contributed by atoms with E-state index in [-0.39, 0.29) is 5.78 Å². The van der Waals surface area contributed by atoms with Crippen LogP contribution in [0, 0.1) is 6.92 Å². The predicted molar refractivity (Wildman–Crippen MR) is 109 cm³/mol. The highest BCUT2D eigenvalue weighted by Gasteiger charge is 2.33. The molecule has 2 aromatic heterocycles. The van der Waals surface area contributed by atoms with Gasteiger partial charge in [-0.25, -0.2) is 0 Å². The molecule has 2 heterocycles. The summed E-state index contributed by atoms with van der Waals surface area (Å²) in [4.78, 5) is 13.8. The molecule has 5 heteroatoms. The Morgan fingerprint density at radius 3 is 2.59 bits per heavy atom. The number of Topliss-reactive ketones (excluding diaryl/α,β-unsaturated/α-hetero) is 1. The standard InChI is InChI=1S/C22H22N2O2S/c1-3-17-8-10-18(11-9-17)21(25)20(24-12-4-6-16(2)15-24)22(27)23-14-19-7-5-13-26-19/h4-13,15,20H,3,14H2,1-2H3/p+1/t20-/m1/s1. The van der Waals surface area contributed by atoms with Crippen LogP contribution in [0.3, 0.4) is 0 Å². The largest absolute Gasteiger partial charge is 0.467 e. The minimum absolute atomic E-state index is 0.0369. The van der Waals surface area contributed by atoms with Crippen LogP contribution in [0.25, 0.3) is 0 Å². The zero-order valence-electron chi connectivity index (χ0n) is 15.5. The third-order valence-corrected chi connectivity index (χ3v) is 4.80. The molecule has 0 aliphatic carbocycles. The molecule has 1 atom stereocenters. The smallest absolute Gasteiger partial charge is 0.270 e. The molecule has 1 aromatic carbocycles. The Labute approximate surface area is 164 Å². The van der Waals surface area contributed by atoms with Crippen LogP contribution in [0.1, 0.15) is 40.2 Å². The fraction of sp³-hybridized carbons (Fsp3) is 0.227. The van der Waals surface area contributed by atoms with Crippen molar-refractivity contribution in [3.63, 3.8) is 0 Å². The zero-order chi connectivity index (χ0) is 19.2. The van der Waals surface area contributed by atoms with Gasteiger partial charge >= 0.3 is 0 Å². The highest BCUT2D eigenvalue weighted by molar-refractivity contribution is 7.80. The van der Waals surface area contributed by atoms with Gasteiger partial charge in [0.05, 0.1) is 12.8 Å². The van der Waals surface area contributed by atoms with Crippen LogP contribution in [0.5, 0.6) is 0 Å². The van der Waals surface area contributed by atoms with Crippen molar-refractivity contribution in [3.8, 4) is 0 Å². The van der Waals surface area contributed by atoms with E-state index < -0.39 is 6.04 Å². The van der Waals surface area contributed by atoms with Crippen molar-refractivity contribution < 1.29 is 13.8 Å². The Morgan fingerprint density at radius 2 is 1.96 bits per heavy atom. The number of nitrogens with zero attached hydrogens (tertiary/aromatic N) is 1. The van der Waals surface area contributed by atoms with Crippen LogP contribution in [0.15, 0.2) is 71.6 Å². The van der Waals surface area contributed by atoms with Crippen molar-refractivity contribution in [2.75, 3.05) is 0 Å². The minimum Gasteiger partial charge on any atom is -0.467 e. The van der Waals surface area contributed by atoms with Gasteiger partial charge in [0.1, 0.15) is 5.76 Å².